The van der Waals surface area contributed by atoms with Gasteiger partial charge in [0.15, 0.2) is 0 Å². The maximum atomic E-state index is 11.4. The van der Waals surface area contributed by atoms with Crippen molar-refractivity contribution >= 4 is 6.09 Å². The minimum absolute atomic E-state index is 0.371. The van der Waals surface area contributed by atoms with Crippen LogP contribution in [0.25, 0.3) is 4.85 Å². The van der Waals surface area contributed by atoms with E-state index in [2.05, 4.69) is 10.2 Å². The summed E-state index contributed by atoms with van der Waals surface area (Å²) in [6.45, 7) is 14.9. The molecule has 0 radical (unpaired) electrons. The van der Waals surface area contributed by atoms with Gasteiger partial charge in [-0.2, -0.15) is 0 Å². The molecule has 1 rings (SSSR count). The fourth-order valence-corrected chi connectivity index (χ4v) is 1.55. The van der Waals surface area contributed by atoms with Gasteiger partial charge in [0.05, 0.1) is 6.54 Å². The van der Waals surface area contributed by atoms with Gasteiger partial charge in [0, 0.05) is 12.8 Å². The van der Waals surface area contributed by atoms with Gasteiger partial charge < -0.3 is 14.9 Å². The van der Waals surface area contributed by atoms with Crippen LogP contribution in [0.15, 0.2) is 0 Å². The fourth-order valence-electron chi connectivity index (χ4n) is 1.55. The fraction of sp³-hybridized carbons (Fsp3) is 0.833. The van der Waals surface area contributed by atoms with E-state index in [0.717, 1.165) is 12.8 Å². The molecule has 1 fully saturated rings. The van der Waals surface area contributed by atoms with Crippen molar-refractivity contribution in [3.63, 3.8) is 0 Å². The molecule has 4 heteroatoms. The molecular weight excluding hydrogens is 204 g/mol. The molecule has 1 saturated carbocycles. The number of nitrogens with one attached hydrogen (secondary N) is 1. The van der Waals surface area contributed by atoms with Crippen molar-refractivity contribution < 1.29 is 9.53 Å². The Bertz CT molecular complexity index is 310. The molecule has 0 saturated heterocycles. The van der Waals surface area contributed by atoms with Crippen molar-refractivity contribution in [1.29, 1.82) is 0 Å². The van der Waals surface area contributed by atoms with E-state index in [1.165, 1.54) is 0 Å². The van der Waals surface area contributed by atoms with Crippen molar-refractivity contribution in [2.75, 3.05) is 6.54 Å². The Labute approximate surface area is 97.2 Å². The zero-order valence-electron chi connectivity index (χ0n) is 10.5. The van der Waals surface area contributed by atoms with Crippen LogP contribution in [0.2, 0.25) is 0 Å². The van der Waals surface area contributed by atoms with Gasteiger partial charge in [-0.25, -0.2) is 11.4 Å². The number of alkyl carbamates (subject to hydrolysis) is 1. The molecular formula is C12H20N2O2. The van der Waals surface area contributed by atoms with Crippen LogP contribution in [0, 0.1) is 12.5 Å². The van der Waals surface area contributed by atoms with Gasteiger partial charge in [0.1, 0.15) is 5.60 Å². The molecule has 1 aliphatic rings. The van der Waals surface area contributed by atoms with Gasteiger partial charge in [-0.05, 0) is 33.6 Å². The first kappa shape index (κ1) is 12.8. The zero-order valence-corrected chi connectivity index (χ0v) is 10.5. The lowest BCUT2D eigenvalue weighted by molar-refractivity contribution is 0.0518. The average Bonchev–Trinajstić information content (AvgIpc) is 2.94. The number of carbonyl (C=O) groups is 1. The van der Waals surface area contributed by atoms with Crippen LogP contribution in [0.5, 0.6) is 0 Å². The average molecular weight is 224 g/mol. The van der Waals surface area contributed by atoms with Crippen LogP contribution in [0.3, 0.4) is 0 Å². The van der Waals surface area contributed by atoms with Gasteiger partial charge in [-0.15, -0.1) is 0 Å². The van der Waals surface area contributed by atoms with E-state index in [1.54, 1.807) is 0 Å². The number of nitrogens with zero attached hydrogens (tertiary/aromatic N) is 1. The molecule has 0 spiro atoms. The molecule has 1 aliphatic carbocycles. The summed E-state index contributed by atoms with van der Waals surface area (Å²) >= 11 is 0. The van der Waals surface area contributed by atoms with Gasteiger partial charge >= 0.3 is 6.09 Å². The highest BCUT2D eigenvalue weighted by Crippen LogP contribution is 2.41. The summed E-state index contributed by atoms with van der Waals surface area (Å²) in [5.74, 6) is 0.430. The number of hydrogen-bond acceptors (Lipinski definition) is 2. The summed E-state index contributed by atoms with van der Waals surface area (Å²) < 4.78 is 5.12. The second-order valence-electron chi connectivity index (χ2n) is 5.60. The standard InChI is InChI=1S/C12H20N2O2/c1-11(2,3)16-10(15)14-8-12(4,13-5)9-6-7-9/h9H,6-8H2,1-4H3,(H,14,15). The molecule has 0 aromatic heterocycles. The zero-order chi connectivity index (χ0) is 12.4. The van der Waals surface area contributed by atoms with Crippen LogP contribution >= 0.6 is 0 Å². The van der Waals surface area contributed by atoms with Gasteiger partial charge in [0.25, 0.3) is 0 Å². The third-order valence-electron chi connectivity index (χ3n) is 2.70. The Balaban J connectivity index is 2.39. The highest BCUT2D eigenvalue weighted by Gasteiger charge is 2.47. The highest BCUT2D eigenvalue weighted by molar-refractivity contribution is 5.67. The van der Waals surface area contributed by atoms with Gasteiger partial charge in [-0.1, -0.05) is 0 Å². The van der Waals surface area contributed by atoms with E-state index >= 15 is 0 Å². The number of hydrogen-bond donors (Lipinski definition) is 1. The molecule has 1 N–H and O–H groups in total. The second kappa shape index (κ2) is 4.32. The second-order valence-corrected chi connectivity index (χ2v) is 5.60. The van der Waals surface area contributed by atoms with Crippen LogP contribution in [-0.2, 0) is 4.74 Å². The number of amides is 1. The quantitative estimate of drug-likeness (QED) is 0.749. The Kier molecular flexibility index (Phi) is 3.47. The smallest absolute Gasteiger partial charge is 0.407 e. The Morgan fingerprint density at radius 3 is 2.38 bits per heavy atom. The molecule has 0 aliphatic heterocycles. The van der Waals surface area contributed by atoms with Crippen LogP contribution in [-0.4, -0.2) is 23.8 Å². The lowest BCUT2D eigenvalue weighted by atomic mass is 9.97. The molecule has 90 valence electrons. The molecule has 16 heavy (non-hydrogen) atoms. The molecule has 1 amide bonds. The van der Waals surface area contributed by atoms with Crippen LogP contribution in [0.1, 0.15) is 40.5 Å². The van der Waals surface area contributed by atoms with E-state index in [4.69, 9.17) is 11.3 Å². The van der Waals surface area contributed by atoms with E-state index in [9.17, 15) is 4.79 Å². The summed E-state index contributed by atoms with van der Waals surface area (Å²) in [7, 11) is 0. The van der Waals surface area contributed by atoms with Crippen molar-refractivity contribution in [3.05, 3.63) is 11.4 Å². The normalized spacial score (nSPS) is 19.4. The first-order valence-corrected chi connectivity index (χ1v) is 5.62. The predicted octanol–water partition coefficient (Wildman–Crippen LogP) is 2.60. The van der Waals surface area contributed by atoms with Gasteiger partial charge in [0.2, 0.25) is 5.54 Å². The van der Waals surface area contributed by atoms with E-state index in [-0.39, 0.29) is 0 Å². The van der Waals surface area contributed by atoms with Crippen LogP contribution in [0.4, 0.5) is 4.79 Å². The molecule has 0 aromatic carbocycles. The lowest BCUT2D eigenvalue weighted by Gasteiger charge is -2.22. The third kappa shape index (κ3) is 3.73. The molecule has 0 heterocycles. The minimum atomic E-state index is -0.488. The van der Waals surface area contributed by atoms with Crippen molar-refractivity contribution in [2.45, 2.75) is 51.7 Å². The predicted molar refractivity (Wildman–Crippen MR) is 62.0 cm³/mol. The van der Waals surface area contributed by atoms with Crippen molar-refractivity contribution in [2.24, 2.45) is 5.92 Å². The number of carbonyl (C=O) groups excluding carboxylic acids is 1. The summed E-state index contributed by atoms with van der Waals surface area (Å²) in [6.07, 6.45) is 1.74. The summed E-state index contributed by atoms with van der Waals surface area (Å²) in [5.41, 5.74) is -0.949. The van der Waals surface area contributed by atoms with Crippen LogP contribution < -0.4 is 5.32 Å². The molecule has 1 unspecified atom stereocenters. The lowest BCUT2D eigenvalue weighted by Crippen LogP contribution is -2.42. The molecule has 0 bridgehead atoms. The minimum Gasteiger partial charge on any atom is -0.444 e. The monoisotopic (exact) mass is 224 g/mol. The Morgan fingerprint density at radius 2 is 2.00 bits per heavy atom. The number of ether oxygens (including phenoxy) is 1. The first-order chi connectivity index (χ1) is 7.27. The third-order valence-corrected chi connectivity index (χ3v) is 2.70. The highest BCUT2D eigenvalue weighted by atomic mass is 16.6. The van der Waals surface area contributed by atoms with Gasteiger partial charge in [-0.3, -0.25) is 0 Å². The molecule has 1 atom stereocenters. The Morgan fingerprint density at radius 1 is 1.44 bits per heavy atom. The Hall–Kier alpha value is -1.24. The summed E-state index contributed by atoms with van der Waals surface area (Å²) in [6, 6.07) is 0. The maximum absolute atomic E-state index is 11.4. The topological polar surface area (TPSA) is 42.7 Å². The van der Waals surface area contributed by atoms with Crippen molar-refractivity contribution in [3.8, 4) is 0 Å². The molecule has 4 nitrogen and oxygen atoms in total. The largest absolute Gasteiger partial charge is 0.444 e. The van der Waals surface area contributed by atoms with E-state index in [0.29, 0.717) is 12.5 Å². The van der Waals surface area contributed by atoms with E-state index in [1.807, 2.05) is 27.7 Å². The summed E-state index contributed by atoms with van der Waals surface area (Å²) in [4.78, 5) is 15.1. The van der Waals surface area contributed by atoms with Crippen molar-refractivity contribution in [1.82, 2.24) is 5.32 Å². The summed E-state index contributed by atoms with van der Waals surface area (Å²) in [5, 5.41) is 2.68. The first-order valence-electron chi connectivity index (χ1n) is 5.62. The van der Waals surface area contributed by atoms with E-state index < -0.39 is 17.2 Å². The number of rotatable bonds is 3. The SMILES string of the molecule is [C-]#[N+]C(C)(CNC(=O)OC(C)(C)C)C1CC1. The maximum Gasteiger partial charge on any atom is 0.407 e. The molecule has 0 aromatic rings.